The first kappa shape index (κ1) is 16.1. The third-order valence-electron chi connectivity index (χ3n) is 3.27. The monoisotopic (exact) mass is 295 g/mol. The Morgan fingerprint density at radius 3 is 2.71 bits per heavy atom. The van der Waals surface area contributed by atoms with Crippen LogP contribution in [0.1, 0.15) is 25.3 Å². The number of methoxy groups -OCH3 is 1. The maximum atomic E-state index is 9.64. The molecule has 118 valence electrons. The molecule has 0 aromatic heterocycles. The van der Waals surface area contributed by atoms with Gasteiger partial charge in [-0.25, -0.2) is 0 Å². The van der Waals surface area contributed by atoms with E-state index in [-0.39, 0.29) is 13.2 Å². The first-order valence-corrected chi connectivity index (χ1v) is 7.51. The zero-order valence-electron chi connectivity index (χ0n) is 12.8. The minimum Gasteiger partial charge on any atom is -0.490 e. The second-order valence-corrected chi connectivity index (χ2v) is 5.29. The normalized spacial score (nSPS) is 15.8. The smallest absolute Gasteiger partial charge is 0.161 e. The van der Waals surface area contributed by atoms with Crippen LogP contribution >= 0.6 is 0 Å². The van der Waals surface area contributed by atoms with Crippen molar-refractivity contribution in [3.8, 4) is 11.5 Å². The van der Waals surface area contributed by atoms with Crippen LogP contribution in [0.15, 0.2) is 18.2 Å². The summed E-state index contributed by atoms with van der Waals surface area (Å²) in [4.78, 5) is 0. The Kier molecular flexibility index (Phi) is 6.29. The van der Waals surface area contributed by atoms with E-state index in [1.165, 1.54) is 18.4 Å². The van der Waals surface area contributed by atoms with Gasteiger partial charge in [-0.05, 0) is 37.5 Å². The lowest BCUT2D eigenvalue weighted by atomic mass is 10.2. The van der Waals surface area contributed by atoms with Gasteiger partial charge in [-0.15, -0.1) is 0 Å². The Balaban J connectivity index is 1.94. The number of rotatable bonds is 10. The van der Waals surface area contributed by atoms with Gasteiger partial charge < -0.3 is 24.6 Å². The molecule has 0 heterocycles. The van der Waals surface area contributed by atoms with Crippen molar-refractivity contribution >= 4 is 0 Å². The summed E-state index contributed by atoms with van der Waals surface area (Å²) in [5, 5.41) is 13.1. The molecule has 0 saturated heterocycles. The van der Waals surface area contributed by atoms with Crippen molar-refractivity contribution in [2.75, 3.05) is 26.9 Å². The molecule has 5 heteroatoms. The minimum absolute atomic E-state index is 0.188. The van der Waals surface area contributed by atoms with E-state index in [1.807, 2.05) is 25.1 Å². The Morgan fingerprint density at radius 1 is 1.24 bits per heavy atom. The summed E-state index contributed by atoms with van der Waals surface area (Å²) >= 11 is 0. The fraction of sp³-hybridized carbons (Fsp3) is 0.625. The van der Waals surface area contributed by atoms with Crippen LogP contribution in [-0.2, 0) is 11.3 Å². The van der Waals surface area contributed by atoms with E-state index in [0.29, 0.717) is 18.4 Å². The van der Waals surface area contributed by atoms with Crippen LogP contribution < -0.4 is 14.8 Å². The molecule has 2 N–H and O–H groups in total. The van der Waals surface area contributed by atoms with Crippen molar-refractivity contribution in [2.45, 2.75) is 38.5 Å². The zero-order valence-corrected chi connectivity index (χ0v) is 12.8. The minimum atomic E-state index is -0.638. The molecule has 1 saturated carbocycles. The molecule has 0 radical (unpaired) electrons. The summed E-state index contributed by atoms with van der Waals surface area (Å²) in [5.41, 5.74) is 1.18. The second-order valence-electron chi connectivity index (χ2n) is 5.29. The molecular weight excluding hydrogens is 270 g/mol. The van der Waals surface area contributed by atoms with Gasteiger partial charge in [-0.2, -0.15) is 0 Å². The third-order valence-corrected chi connectivity index (χ3v) is 3.27. The molecule has 5 nitrogen and oxygen atoms in total. The summed E-state index contributed by atoms with van der Waals surface area (Å²) < 4.78 is 16.1. The lowest BCUT2D eigenvalue weighted by Gasteiger charge is -2.15. The number of hydrogen-bond donors (Lipinski definition) is 2. The van der Waals surface area contributed by atoms with Crippen LogP contribution in [0, 0.1) is 0 Å². The molecule has 2 rings (SSSR count). The maximum Gasteiger partial charge on any atom is 0.161 e. The van der Waals surface area contributed by atoms with Gasteiger partial charge in [0.1, 0.15) is 12.7 Å². The van der Waals surface area contributed by atoms with Crippen LogP contribution in [0.25, 0.3) is 0 Å². The number of benzene rings is 1. The molecule has 0 spiro atoms. The molecule has 21 heavy (non-hydrogen) atoms. The van der Waals surface area contributed by atoms with E-state index in [0.717, 1.165) is 12.3 Å². The van der Waals surface area contributed by atoms with Crippen molar-refractivity contribution in [1.82, 2.24) is 5.32 Å². The van der Waals surface area contributed by atoms with E-state index in [9.17, 15) is 5.11 Å². The summed E-state index contributed by atoms with van der Waals surface area (Å²) in [6, 6.07) is 6.60. The SMILES string of the molecule is CCOc1cc(CNC2CC2)ccc1OCC(O)COC. The zero-order chi connectivity index (χ0) is 15.1. The maximum absolute atomic E-state index is 9.64. The van der Waals surface area contributed by atoms with Gasteiger partial charge in [0, 0.05) is 19.7 Å². The molecule has 0 amide bonds. The molecule has 0 aliphatic heterocycles. The van der Waals surface area contributed by atoms with Crippen LogP contribution in [-0.4, -0.2) is 44.2 Å². The van der Waals surface area contributed by atoms with Gasteiger partial charge in [0.2, 0.25) is 0 Å². The predicted molar refractivity (Wildman–Crippen MR) is 80.9 cm³/mol. The average Bonchev–Trinajstić information content (AvgIpc) is 3.29. The fourth-order valence-corrected chi connectivity index (χ4v) is 2.03. The first-order chi connectivity index (χ1) is 10.2. The second kappa shape index (κ2) is 8.22. The van der Waals surface area contributed by atoms with Gasteiger partial charge in [-0.1, -0.05) is 6.07 Å². The van der Waals surface area contributed by atoms with Gasteiger partial charge in [-0.3, -0.25) is 0 Å². The topological polar surface area (TPSA) is 60.0 Å². The predicted octanol–water partition coefficient (Wildman–Crippen LogP) is 1.72. The third kappa shape index (κ3) is 5.53. The summed E-state index contributed by atoms with van der Waals surface area (Å²) in [6.45, 7) is 3.81. The van der Waals surface area contributed by atoms with E-state index >= 15 is 0 Å². The largest absolute Gasteiger partial charge is 0.490 e. The lowest BCUT2D eigenvalue weighted by Crippen LogP contribution is -2.22. The Labute approximate surface area is 126 Å². The van der Waals surface area contributed by atoms with Gasteiger partial charge in [0.05, 0.1) is 13.2 Å². The summed E-state index contributed by atoms with van der Waals surface area (Å²) in [5.74, 6) is 1.37. The van der Waals surface area contributed by atoms with Gasteiger partial charge in [0.15, 0.2) is 11.5 Å². The number of aliphatic hydroxyl groups is 1. The molecule has 0 bridgehead atoms. The number of hydrogen-bond acceptors (Lipinski definition) is 5. The molecule has 1 fully saturated rings. The van der Waals surface area contributed by atoms with Gasteiger partial charge in [0.25, 0.3) is 0 Å². The molecule has 1 unspecified atom stereocenters. The highest BCUT2D eigenvalue weighted by Crippen LogP contribution is 2.29. The molecule has 1 aliphatic rings. The van der Waals surface area contributed by atoms with Gasteiger partial charge >= 0.3 is 0 Å². The van der Waals surface area contributed by atoms with E-state index in [1.54, 1.807) is 7.11 Å². The van der Waals surface area contributed by atoms with Crippen molar-refractivity contribution < 1.29 is 19.3 Å². The van der Waals surface area contributed by atoms with Crippen LogP contribution in [0.5, 0.6) is 11.5 Å². The number of aliphatic hydroxyl groups excluding tert-OH is 1. The van der Waals surface area contributed by atoms with Crippen LogP contribution in [0.2, 0.25) is 0 Å². The molecule has 1 aromatic carbocycles. The Hall–Kier alpha value is -1.30. The highest BCUT2D eigenvalue weighted by molar-refractivity contribution is 5.43. The molecule has 1 aromatic rings. The Morgan fingerprint density at radius 2 is 2.05 bits per heavy atom. The number of ether oxygens (including phenoxy) is 3. The molecule has 1 aliphatic carbocycles. The van der Waals surface area contributed by atoms with Crippen molar-refractivity contribution in [2.24, 2.45) is 0 Å². The quantitative estimate of drug-likeness (QED) is 0.688. The highest BCUT2D eigenvalue weighted by Gasteiger charge is 2.20. The standard InChI is InChI=1S/C16H25NO4/c1-3-20-16-8-12(9-17-13-5-6-13)4-7-15(16)21-11-14(18)10-19-2/h4,7-8,13-14,17-18H,3,5-6,9-11H2,1-2H3. The first-order valence-electron chi connectivity index (χ1n) is 7.51. The van der Waals surface area contributed by atoms with Crippen molar-refractivity contribution in [3.05, 3.63) is 23.8 Å². The molecular formula is C16H25NO4. The lowest BCUT2D eigenvalue weighted by molar-refractivity contribution is 0.0318. The van der Waals surface area contributed by atoms with E-state index in [4.69, 9.17) is 14.2 Å². The summed E-state index contributed by atoms with van der Waals surface area (Å²) in [6.07, 6.45) is 1.91. The van der Waals surface area contributed by atoms with E-state index < -0.39 is 6.10 Å². The van der Waals surface area contributed by atoms with Crippen molar-refractivity contribution in [3.63, 3.8) is 0 Å². The number of nitrogens with one attached hydrogen (secondary N) is 1. The fourth-order valence-electron chi connectivity index (χ4n) is 2.03. The van der Waals surface area contributed by atoms with Crippen LogP contribution in [0.4, 0.5) is 0 Å². The van der Waals surface area contributed by atoms with Crippen molar-refractivity contribution in [1.29, 1.82) is 0 Å². The highest BCUT2D eigenvalue weighted by atomic mass is 16.5. The Bertz CT molecular complexity index is 434. The van der Waals surface area contributed by atoms with Crippen LogP contribution in [0.3, 0.4) is 0 Å². The van der Waals surface area contributed by atoms with E-state index in [2.05, 4.69) is 5.32 Å². The molecule has 1 atom stereocenters. The average molecular weight is 295 g/mol. The summed E-state index contributed by atoms with van der Waals surface area (Å²) in [7, 11) is 1.55.